The summed E-state index contributed by atoms with van der Waals surface area (Å²) in [6, 6.07) is 46.7. The largest absolute Gasteiger partial charge is 0.309 e. The summed E-state index contributed by atoms with van der Waals surface area (Å²) in [7, 11) is 0. The summed E-state index contributed by atoms with van der Waals surface area (Å²) in [5.74, 6) is 0. The first-order valence-corrected chi connectivity index (χ1v) is 13.5. The van der Waals surface area contributed by atoms with Gasteiger partial charge >= 0.3 is 0 Å². The van der Waals surface area contributed by atoms with Crippen LogP contribution in [0.2, 0.25) is 0 Å². The normalized spacial score (nSPS) is 12.6. The highest BCUT2D eigenvalue weighted by atomic mass is 15.0. The van der Waals surface area contributed by atoms with Crippen LogP contribution in [0.3, 0.4) is 0 Å². The summed E-state index contributed by atoms with van der Waals surface area (Å²) in [6.07, 6.45) is 0. The van der Waals surface area contributed by atoms with Gasteiger partial charge in [0.2, 0.25) is 0 Å². The predicted octanol–water partition coefficient (Wildman–Crippen LogP) is 9.34. The molecule has 0 aliphatic heterocycles. The summed E-state index contributed by atoms with van der Waals surface area (Å²) in [4.78, 5) is 0. The van der Waals surface area contributed by atoms with Crippen molar-refractivity contribution in [3.63, 3.8) is 0 Å². The number of benzene rings is 6. The number of hydrogen-bond acceptors (Lipinski definition) is 0. The van der Waals surface area contributed by atoms with E-state index in [1.807, 2.05) is 0 Å². The first kappa shape index (κ1) is 19.8. The first-order chi connectivity index (χ1) is 19.4. The van der Waals surface area contributed by atoms with E-state index in [9.17, 15) is 0 Å². The Morgan fingerprint density at radius 2 is 0.769 bits per heavy atom. The van der Waals surface area contributed by atoms with Gasteiger partial charge in [0.15, 0.2) is 0 Å². The third kappa shape index (κ3) is 2.23. The fourth-order valence-corrected chi connectivity index (χ4v) is 7.29. The van der Waals surface area contributed by atoms with Crippen LogP contribution in [0, 0.1) is 0 Å². The maximum absolute atomic E-state index is 2.50. The molecular weight excluding hydrogens is 474 g/mol. The Bertz CT molecular complexity index is 2550. The molecule has 0 amide bonds. The minimum absolute atomic E-state index is 1.22. The van der Waals surface area contributed by atoms with Crippen LogP contribution in [-0.4, -0.2) is 13.4 Å². The second-order valence-corrected chi connectivity index (χ2v) is 10.6. The van der Waals surface area contributed by atoms with Gasteiger partial charge in [0.05, 0.1) is 49.8 Å². The van der Waals surface area contributed by atoms with Gasteiger partial charge in [-0.15, -0.1) is 0 Å². The van der Waals surface area contributed by atoms with Crippen molar-refractivity contribution in [2.24, 2.45) is 0 Å². The fraction of sp³-hybridized carbons (Fsp3) is 0. The van der Waals surface area contributed by atoms with Gasteiger partial charge in [-0.25, -0.2) is 0 Å². The zero-order valence-electron chi connectivity index (χ0n) is 21.0. The van der Waals surface area contributed by atoms with Gasteiger partial charge in [0.25, 0.3) is 0 Å². The summed E-state index contributed by atoms with van der Waals surface area (Å²) in [6.45, 7) is 0. The Labute approximate surface area is 222 Å². The SMILES string of the molecule is c1ccc2c(c1)c1ccccc1n2-c1ccc2c3c1c1ccccc1n3c1cccc3c4ccccc4n2c31. The van der Waals surface area contributed by atoms with Gasteiger partial charge in [-0.05, 0) is 42.5 Å². The van der Waals surface area contributed by atoms with Gasteiger partial charge in [0, 0.05) is 32.3 Å². The second-order valence-electron chi connectivity index (χ2n) is 10.6. The minimum Gasteiger partial charge on any atom is -0.309 e. The zero-order chi connectivity index (χ0) is 25.2. The Hall–Kier alpha value is -5.28. The minimum atomic E-state index is 1.22. The van der Waals surface area contributed by atoms with E-state index >= 15 is 0 Å². The lowest BCUT2D eigenvalue weighted by Crippen LogP contribution is -2.00. The van der Waals surface area contributed by atoms with E-state index < -0.39 is 0 Å². The van der Waals surface area contributed by atoms with Crippen molar-refractivity contribution in [2.75, 3.05) is 0 Å². The van der Waals surface area contributed by atoms with Crippen LogP contribution in [0.1, 0.15) is 0 Å². The van der Waals surface area contributed by atoms with Gasteiger partial charge in [-0.1, -0.05) is 84.9 Å². The number of para-hydroxylation sites is 5. The fourth-order valence-electron chi connectivity index (χ4n) is 7.29. The van der Waals surface area contributed by atoms with Crippen LogP contribution >= 0.6 is 0 Å². The smallest absolute Gasteiger partial charge is 0.0804 e. The topological polar surface area (TPSA) is 13.8 Å². The first-order valence-electron chi connectivity index (χ1n) is 13.5. The molecule has 0 unspecified atom stereocenters. The van der Waals surface area contributed by atoms with Crippen LogP contribution in [0.4, 0.5) is 0 Å². The Morgan fingerprint density at radius 3 is 1.46 bits per heavy atom. The molecule has 0 N–H and O–H groups in total. The monoisotopic (exact) mass is 495 g/mol. The Morgan fingerprint density at radius 1 is 0.308 bits per heavy atom. The predicted molar refractivity (Wildman–Crippen MR) is 164 cm³/mol. The highest BCUT2D eigenvalue weighted by Gasteiger charge is 2.23. The molecule has 0 aliphatic rings. The number of aromatic nitrogens is 3. The highest BCUT2D eigenvalue weighted by molar-refractivity contribution is 6.24. The average molecular weight is 496 g/mol. The summed E-state index contributed by atoms with van der Waals surface area (Å²) in [5.41, 5.74) is 11.2. The number of rotatable bonds is 1. The van der Waals surface area contributed by atoms with Crippen LogP contribution in [-0.2, 0) is 0 Å². The van der Waals surface area contributed by atoms with Crippen molar-refractivity contribution < 1.29 is 0 Å². The van der Waals surface area contributed by atoms with E-state index in [0.717, 1.165) is 0 Å². The molecule has 0 saturated heterocycles. The molecule has 0 bridgehead atoms. The van der Waals surface area contributed by atoms with Crippen molar-refractivity contribution in [2.45, 2.75) is 0 Å². The van der Waals surface area contributed by atoms with Crippen LogP contribution in [0.15, 0.2) is 127 Å². The molecule has 10 rings (SSSR count). The van der Waals surface area contributed by atoms with Crippen LogP contribution in [0.5, 0.6) is 0 Å². The molecule has 0 radical (unpaired) electrons. The lowest BCUT2D eigenvalue weighted by atomic mass is 10.1. The molecule has 0 fully saturated rings. The lowest BCUT2D eigenvalue weighted by Gasteiger charge is -2.14. The maximum atomic E-state index is 2.50. The van der Waals surface area contributed by atoms with E-state index in [-0.39, 0.29) is 0 Å². The third-order valence-electron chi connectivity index (χ3n) is 8.75. The molecule has 3 heteroatoms. The molecule has 4 heterocycles. The van der Waals surface area contributed by atoms with Crippen LogP contribution in [0.25, 0.3) is 82.1 Å². The molecule has 6 aromatic carbocycles. The van der Waals surface area contributed by atoms with Gasteiger partial charge in [0.1, 0.15) is 0 Å². The molecule has 0 spiro atoms. The standard InChI is InChI=1S/C36H21N3/c1-5-15-27-22(10-1)23-11-2-6-16-28(23)37(27)31-20-21-33-36-34(31)26-13-4-8-18-30(26)39(36)32-19-9-14-25-24-12-3-7-17-29(24)38(33)35(25)32/h1-21H. The molecule has 10 aromatic rings. The zero-order valence-corrected chi connectivity index (χ0v) is 21.0. The van der Waals surface area contributed by atoms with E-state index in [0.29, 0.717) is 0 Å². The maximum Gasteiger partial charge on any atom is 0.0804 e. The molecule has 39 heavy (non-hydrogen) atoms. The Balaban J connectivity index is 1.53. The molecule has 0 saturated carbocycles. The molecular formula is C36H21N3. The van der Waals surface area contributed by atoms with Gasteiger partial charge in [-0.3, -0.25) is 0 Å². The van der Waals surface area contributed by atoms with E-state index in [1.54, 1.807) is 0 Å². The lowest BCUT2D eigenvalue weighted by molar-refractivity contribution is 1.19. The van der Waals surface area contributed by atoms with E-state index in [2.05, 4.69) is 141 Å². The summed E-state index contributed by atoms with van der Waals surface area (Å²) < 4.78 is 7.44. The second kappa shape index (κ2) is 6.77. The molecule has 0 aliphatic carbocycles. The summed E-state index contributed by atoms with van der Waals surface area (Å²) in [5, 5.41) is 7.72. The van der Waals surface area contributed by atoms with Crippen molar-refractivity contribution >= 4 is 76.5 Å². The number of fused-ring (bicyclic) bond motifs is 11. The highest BCUT2D eigenvalue weighted by Crippen LogP contribution is 2.44. The van der Waals surface area contributed by atoms with Crippen LogP contribution < -0.4 is 0 Å². The van der Waals surface area contributed by atoms with Crippen molar-refractivity contribution in [1.29, 1.82) is 0 Å². The quantitative estimate of drug-likeness (QED) is 0.201. The van der Waals surface area contributed by atoms with Gasteiger partial charge in [-0.2, -0.15) is 0 Å². The molecule has 180 valence electrons. The number of nitrogens with zero attached hydrogens (tertiary/aromatic N) is 3. The van der Waals surface area contributed by atoms with E-state index in [4.69, 9.17) is 0 Å². The summed E-state index contributed by atoms with van der Waals surface area (Å²) >= 11 is 0. The molecule has 4 aromatic heterocycles. The van der Waals surface area contributed by atoms with Crippen molar-refractivity contribution in [1.82, 2.24) is 13.4 Å². The number of hydrogen-bond donors (Lipinski definition) is 0. The molecule has 3 nitrogen and oxygen atoms in total. The Kier molecular flexibility index (Phi) is 3.44. The van der Waals surface area contributed by atoms with Crippen molar-refractivity contribution in [3.8, 4) is 5.69 Å². The average Bonchev–Trinajstić information content (AvgIpc) is 3.64. The van der Waals surface area contributed by atoms with E-state index in [1.165, 1.54) is 82.1 Å². The third-order valence-corrected chi connectivity index (χ3v) is 8.75. The molecule has 0 atom stereocenters. The van der Waals surface area contributed by atoms with Crippen molar-refractivity contribution in [3.05, 3.63) is 127 Å². The van der Waals surface area contributed by atoms with Gasteiger partial charge < -0.3 is 13.4 Å².